The Hall–Kier alpha value is -3.73. The highest BCUT2D eigenvalue weighted by Gasteiger charge is 2.30. The summed E-state index contributed by atoms with van der Waals surface area (Å²) in [5.41, 5.74) is 3.79. The van der Waals surface area contributed by atoms with Crippen LogP contribution in [0.3, 0.4) is 0 Å². The van der Waals surface area contributed by atoms with E-state index in [2.05, 4.69) is 17.2 Å². The summed E-state index contributed by atoms with van der Waals surface area (Å²) in [4.78, 5) is 42.9. The molecule has 0 saturated carbocycles. The Balaban J connectivity index is 1.38. The summed E-state index contributed by atoms with van der Waals surface area (Å²) in [6.45, 7) is 4.23. The molecule has 2 atom stereocenters. The first-order valence-electron chi connectivity index (χ1n) is 14.1. The highest BCUT2D eigenvalue weighted by Crippen LogP contribution is 2.35. The topological polar surface area (TPSA) is 124 Å². The van der Waals surface area contributed by atoms with Crippen molar-refractivity contribution in [3.63, 3.8) is 0 Å². The fourth-order valence-corrected chi connectivity index (χ4v) is 6.47. The van der Waals surface area contributed by atoms with E-state index in [4.69, 9.17) is 9.47 Å². The van der Waals surface area contributed by atoms with Crippen molar-refractivity contribution >= 4 is 39.1 Å². The summed E-state index contributed by atoms with van der Waals surface area (Å²) >= 11 is 1.47. The van der Waals surface area contributed by atoms with Gasteiger partial charge in [-0.3, -0.25) is 19.7 Å². The van der Waals surface area contributed by atoms with Crippen LogP contribution in [-0.2, 0) is 22.4 Å². The number of thiazole rings is 1. The van der Waals surface area contributed by atoms with Gasteiger partial charge in [-0.25, -0.2) is 4.98 Å². The van der Waals surface area contributed by atoms with E-state index >= 15 is 0 Å². The molecule has 41 heavy (non-hydrogen) atoms. The Kier molecular flexibility index (Phi) is 10.1. The quantitative estimate of drug-likeness (QED) is 0.154. The van der Waals surface area contributed by atoms with Crippen molar-refractivity contribution < 1.29 is 24.0 Å². The van der Waals surface area contributed by atoms with Gasteiger partial charge in [0.2, 0.25) is 11.8 Å². The monoisotopic (exact) mass is 582 g/mol. The lowest BCUT2D eigenvalue weighted by Gasteiger charge is -2.35. The number of methoxy groups -OCH3 is 2. The maximum atomic E-state index is 13.4. The van der Waals surface area contributed by atoms with Crippen molar-refractivity contribution in [1.29, 1.82) is 0 Å². The molecule has 1 aliphatic carbocycles. The number of hydrogen-bond acceptors (Lipinski definition) is 8. The molecule has 2 aromatic carbocycles. The number of amides is 2. The van der Waals surface area contributed by atoms with E-state index in [1.165, 1.54) is 25.4 Å². The summed E-state index contributed by atoms with van der Waals surface area (Å²) in [7, 11) is 3.04. The zero-order chi connectivity index (χ0) is 29.5. The fraction of sp³-hybridized carbons (Fsp3) is 0.500. The SMILES string of the molecule is CCCN(C(=O)CCCCC(NC(C)=O)c1ccc2nc(OC)sc2c1)[C@@H]1CCc2cc(OC)c([N+](=O)[O-])cc2C1. The number of nitro benzene ring substituents is 1. The number of nitro groups is 1. The van der Waals surface area contributed by atoms with E-state index in [0.717, 1.165) is 52.6 Å². The third kappa shape index (κ3) is 7.32. The second-order valence-electron chi connectivity index (χ2n) is 10.4. The molecule has 1 N–H and O–H groups in total. The molecule has 0 fully saturated rings. The van der Waals surface area contributed by atoms with Crippen LogP contribution in [0.1, 0.15) is 75.1 Å². The molecule has 3 aromatic rings. The largest absolute Gasteiger partial charge is 0.490 e. The molecule has 1 aromatic heterocycles. The van der Waals surface area contributed by atoms with Gasteiger partial charge in [-0.05, 0) is 73.4 Å². The lowest BCUT2D eigenvalue weighted by Crippen LogP contribution is -2.43. The summed E-state index contributed by atoms with van der Waals surface area (Å²) < 4.78 is 11.5. The molecule has 1 unspecified atom stereocenters. The van der Waals surface area contributed by atoms with Gasteiger partial charge in [0.15, 0.2) is 5.75 Å². The molecule has 0 radical (unpaired) electrons. The van der Waals surface area contributed by atoms with E-state index in [1.54, 1.807) is 19.2 Å². The number of aryl methyl sites for hydroxylation is 1. The first-order chi connectivity index (χ1) is 19.7. The summed E-state index contributed by atoms with van der Waals surface area (Å²) in [6, 6.07) is 9.20. The van der Waals surface area contributed by atoms with Gasteiger partial charge >= 0.3 is 5.69 Å². The van der Waals surface area contributed by atoms with Gasteiger partial charge < -0.3 is 19.7 Å². The van der Waals surface area contributed by atoms with Crippen LogP contribution >= 0.6 is 11.3 Å². The molecule has 11 heteroatoms. The number of unbranched alkanes of at least 4 members (excludes halogenated alkanes) is 1. The molecule has 0 bridgehead atoms. The predicted octanol–water partition coefficient (Wildman–Crippen LogP) is 5.76. The second kappa shape index (κ2) is 13.8. The average Bonchev–Trinajstić information content (AvgIpc) is 3.38. The highest BCUT2D eigenvalue weighted by atomic mass is 32.1. The fourth-order valence-electron chi connectivity index (χ4n) is 5.64. The summed E-state index contributed by atoms with van der Waals surface area (Å²) in [6.07, 6.45) is 5.62. The van der Waals surface area contributed by atoms with Gasteiger partial charge in [-0.1, -0.05) is 30.7 Å². The maximum absolute atomic E-state index is 13.4. The first kappa shape index (κ1) is 30.2. The molecule has 10 nitrogen and oxygen atoms in total. The van der Waals surface area contributed by atoms with Gasteiger partial charge in [0.1, 0.15) is 0 Å². The number of nitrogens with one attached hydrogen (secondary N) is 1. The number of benzene rings is 2. The number of hydrogen-bond donors (Lipinski definition) is 1. The average molecular weight is 583 g/mol. The van der Waals surface area contributed by atoms with Crippen LogP contribution in [0.2, 0.25) is 0 Å². The van der Waals surface area contributed by atoms with E-state index in [1.807, 2.05) is 23.1 Å². The zero-order valence-corrected chi connectivity index (χ0v) is 24.9. The Morgan fingerprint density at radius 3 is 2.68 bits per heavy atom. The number of fused-ring (bicyclic) bond motifs is 2. The molecule has 0 aliphatic heterocycles. The smallest absolute Gasteiger partial charge is 0.311 e. The molecule has 0 spiro atoms. The zero-order valence-electron chi connectivity index (χ0n) is 24.1. The molecule has 4 rings (SSSR count). The van der Waals surface area contributed by atoms with Crippen molar-refractivity contribution in [2.24, 2.45) is 0 Å². The van der Waals surface area contributed by atoms with Crippen molar-refractivity contribution in [3.8, 4) is 10.9 Å². The molecule has 0 saturated heterocycles. The van der Waals surface area contributed by atoms with Crippen molar-refractivity contribution in [2.45, 2.75) is 77.3 Å². The van der Waals surface area contributed by atoms with Crippen molar-refractivity contribution in [1.82, 2.24) is 15.2 Å². The van der Waals surface area contributed by atoms with Crippen LogP contribution < -0.4 is 14.8 Å². The highest BCUT2D eigenvalue weighted by molar-refractivity contribution is 7.20. The van der Waals surface area contributed by atoms with E-state index in [0.29, 0.717) is 37.4 Å². The Bertz CT molecular complexity index is 1410. The van der Waals surface area contributed by atoms with Crippen LogP contribution in [0.25, 0.3) is 10.2 Å². The standard InChI is InChI=1S/C30H38N4O6S/c1-5-14-33(23-12-10-20-17-27(39-3)26(34(37)38)16-22(20)15-23)29(36)9-7-6-8-24(31-19(2)35)21-11-13-25-28(18-21)41-30(32-25)40-4/h11,13,16-18,23-24H,5-10,12,14-15H2,1-4H3,(H,31,35)/t23-,24?/m1/s1. The second-order valence-corrected chi connectivity index (χ2v) is 11.4. The van der Waals surface area contributed by atoms with Gasteiger partial charge in [-0.2, -0.15) is 0 Å². The third-order valence-corrected chi connectivity index (χ3v) is 8.59. The minimum absolute atomic E-state index is 0.0122. The Morgan fingerprint density at radius 2 is 2.00 bits per heavy atom. The summed E-state index contributed by atoms with van der Waals surface area (Å²) in [5.74, 6) is 0.285. The number of ether oxygens (including phenoxy) is 2. The molecular formula is C30H38N4O6S. The van der Waals surface area contributed by atoms with E-state index in [-0.39, 0.29) is 35.3 Å². The molecular weight excluding hydrogens is 544 g/mol. The van der Waals surface area contributed by atoms with Crippen LogP contribution in [0.5, 0.6) is 10.9 Å². The third-order valence-electron chi connectivity index (χ3n) is 7.61. The lowest BCUT2D eigenvalue weighted by molar-refractivity contribution is -0.385. The van der Waals surface area contributed by atoms with Crippen LogP contribution in [0.4, 0.5) is 5.69 Å². The number of rotatable bonds is 13. The molecule has 1 aliphatic rings. The number of nitrogens with zero attached hydrogens (tertiary/aromatic N) is 3. The number of carbonyl (C=O) groups is 2. The maximum Gasteiger partial charge on any atom is 0.311 e. The van der Waals surface area contributed by atoms with Gasteiger partial charge in [0.05, 0.1) is 35.4 Å². The van der Waals surface area contributed by atoms with Crippen LogP contribution in [0.15, 0.2) is 30.3 Å². The van der Waals surface area contributed by atoms with Crippen molar-refractivity contribution in [2.75, 3.05) is 20.8 Å². The van der Waals surface area contributed by atoms with Crippen molar-refractivity contribution in [3.05, 3.63) is 57.1 Å². The normalized spacial score (nSPS) is 15.2. The van der Waals surface area contributed by atoms with E-state index in [9.17, 15) is 19.7 Å². The lowest BCUT2D eigenvalue weighted by atomic mass is 9.86. The summed E-state index contributed by atoms with van der Waals surface area (Å²) in [5, 5.41) is 15.2. The van der Waals surface area contributed by atoms with Gasteiger partial charge in [0.25, 0.3) is 5.19 Å². The first-order valence-corrected chi connectivity index (χ1v) is 14.9. The number of aromatic nitrogens is 1. The Labute approximate surface area is 244 Å². The minimum Gasteiger partial charge on any atom is -0.490 e. The van der Waals surface area contributed by atoms with E-state index < -0.39 is 4.92 Å². The van der Waals surface area contributed by atoms with Crippen LogP contribution in [0, 0.1) is 10.1 Å². The van der Waals surface area contributed by atoms with Gasteiger partial charge in [0, 0.05) is 32.0 Å². The Morgan fingerprint density at radius 1 is 1.20 bits per heavy atom. The minimum atomic E-state index is -0.418. The van der Waals surface area contributed by atoms with Gasteiger partial charge in [-0.15, -0.1) is 0 Å². The molecule has 1 heterocycles. The number of carbonyl (C=O) groups excluding carboxylic acids is 2. The molecule has 2 amide bonds. The predicted molar refractivity (Wildman–Crippen MR) is 159 cm³/mol. The molecule has 220 valence electrons. The van der Waals surface area contributed by atoms with Crippen LogP contribution in [-0.4, -0.2) is 53.4 Å².